The summed E-state index contributed by atoms with van der Waals surface area (Å²) in [7, 11) is 0. The fourth-order valence-corrected chi connectivity index (χ4v) is 3.01. The predicted molar refractivity (Wildman–Crippen MR) is 72.9 cm³/mol. The van der Waals surface area contributed by atoms with Crippen molar-refractivity contribution in [1.82, 2.24) is 4.90 Å². The summed E-state index contributed by atoms with van der Waals surface area (Å²) in [6, 6.07) is 4.37. The van der Waals surface area contributed by atoms with E-state index in [1.165, 1.54) is 16.6 Å². The maximum atomic E-state index is 12.0. The summed E-state index contributed by atoms with van der Waals surface area (Å²) in [5.74, 6) is -0.571. The van der Waals surface area contributed by atoms with Crippen LogP contribution in [0.3, 0.4) is 0 Å². The van der Waals surface area contributed by atoms with Crippen molar-refractivity contribution in [3.63, 3.8) is 0 Å². The van der Waals surface area contributed by atoms with Gasteiger partial charge in [-0.2, -0.15) is 0 Å². The molecule has 1 aromatic rings. The zero-order valence-electron chi connectivity index (χ0n) is 9.87. The van der Waals surface area contributed by atoms with E-state index in [2.05, 4.69) is 0 Å². The van der Waals surface area contributed by atoms with E-state index in [0.29, 0.717) is 12.6 Å². The van der Waals surface area contributed by atoms with Gasteiger partial charge in [-0.3, -0.25) is 9.59 Å². The monoisotopic (exact) mass is 285 g/mol. The number of hydrogen-bond donors (Lipinski definition) is 1. The Morgan fingerprint density at radius 3 is 2.78 bits per heavy atom. The summed E-state index contributed by atoms with van der Waals surface area (Å²) in [6.07, 6.45) is 2.14. The summed E-state index contributed by atoms with van der Waals surface area (Å²) >= 11 is 2.82. The van der Waals surface area contributed by atoms with Crippen LogP contribution >= 0.6 is 23.1 Å². The van der Waals surface area contributed by atoms with Crippen LogP contribution in [0.1, 0.15) is 17.7 Å². The number of thioether (sulfide) groups is 1. The molecule has 0 radical (unpaired) electrons. The summed E-state index contributed by atoms with van der Waals surface area (Å²) in [5.41, 5.74) is 0. The molecular formula is C12H15NO3S2. The molecule has 6 heteroatoms. The highest BCUT2D eigenvalue weighted by Crippen LogP contribution is 2.29. The standard InChI is InChI=1S/C12H15NO3S2/c14-11(7-17-8-12(15)16)13(9-3-4-9)6-10-2-1-5-18-10/h1-2,5,9H,3-4,6-8H2,(H,15,16). The molecule has 18 heavy (non-hydrogen) atoms. The second-order valence-electron chi connectivity index (χ2n) is 4.22. The molecule has 0 aliphatic heterocycles. The molecule has 0 atom stereocenters. The average molecular weight is 285 g/mol. The maximum Gasteiger partial charge on any atom is 0.313 e. The van der Waals surface area contributed by atoms with Crippen molar-refractivity contribution in [3.8, 4) is 0 Å². The van der Waals surface area contributed by atoms with Crippen molar-refractivity contribution in [3.05, 3.63) is 22.4 Å². The number of carboxylic acids is 1. The van der Waals surface area contributed by atoms with Gasteiger partial charge >= 0.3 is 5.97 Å². The number of rotatable bonds is 7. The first-order valence-corrected chi connectivity index (χ1v) is 7.81. The van der Waals surface area contributed by atoms with Gasteiger partial charge in [0, 0.05) is 10.9 Å². The molecule has 0 aromatic carbocycles. The number of carbonyl (C=O) groups excluding carboxylic acids is 1. The Balaban J connectivity index is 1.85. The molecule has 0 unspecified atom stereocenters. The van der Waals surface area contributed by atoms with Crippen molar-refractivity contribution in [2.45, 2.75) is 25.4 Å². The molecule has 1 heterocycles. The molecule has 1 amide bonds. The van der Waals surface area contributed by atoms with Crippen LogP contribution in [0.4, 0.5) is 0 Å². The van der Waals surface area contributed by atoms with Gasteiger partial charge in [0.1, 0.15) is 0 Å². The second-order valence-corrected chi connectivity index (χ2v) is 6.24. The van der Waals surface area contributed by atoms with Crippen LogP contribution in [0.5, 0.6) is 0 Å². The van der Waals surface area contributed by atoms with E-state index in [4.69, 9.17) is 5.11 Å². The van der Waals surface area contributed by atoms with Gasteiger partial charge in [-0.25, -0.2) is 0 Å². The Morgan fingerprint density at radius 2 is 2.22 bits per heavy atom. The van der Waals surface area contributed by atoms with E-state index in [1.54, 1.807) is 11.3 Å². The van der Waals surface area contributed by atoms with Crippen molar-refractivity contribution < 1.29 is 14.7 Å². The number of nitrogens with zero attached hydrogens (tertiary/aromatic N) is 1. The molecule has 1 N–H and O–H groups in total. The van der Waals surface area contributed by atoms with Crippen LogP contribution in [0.2, 0.25) is 0 Å². The summed E-state index contributed by atoms with van der Waals surface area (Å²) in [5, 5.41) is 10.6. The highest BCUT2D eigenvalue weighted by molar-refractivity contribution is 8.00. The van der Waals surface area contributed by atoms with E-state index < -0.39 is 5.97 Å². The van der Waals surface area contributed by atoms with E-state index in [9.17, 15) is 9.59 Å². The van der Waals surface area contributed by atoms with Gasteiger partial charge < -0.3 is 10.0 Å². The Hall–Kier alpha value is -1.01. The maximum absolute atomic E-state index is 12.0. The summed E-state index contributed by atoms with van der Waals surface area (Å²) < 4.78 is 0. The zero-order valence-corrected chi connectivity index (χ0v) is 11.5. The van der Waals surface area contributed by atoms with Crippen molar-refractivity contribution >= 4 is 35.0 Å². The molecule has 1 aliphatic rings. The lowest BCUT2D eigenvalue weighted by molar-refractivity contribution is -0.133. The SMILES string of the molecule is O=C(O)CSCC(=O)N(Cc1cccs1)C1CC1. The van der Waals surface area contributed by atoms with Gasteiger partial charge in [0.05, 0.1) is 18.1 Å². The number of carboxylic acid groups (broad SMARTS) is 1. The first-order chi connectivity index (χ1) is 8.66. The summed E-state index contributed by atoms with van der Waals surface area (Å²) in [6.45, 7) is 0.662. The van der Waals surface area contributed by atoms with Gasteiger partial charge in [0.25, 0.3) is 0 Å². The smallest absolute Gasteiger partial charge is 0.313 e. The lowest BCUT2D eigenvalue weighted by atomic mass is 10.4. The molecule has 2 rings (SSSR count). The predicted octanol–water partition coefficient (Wildman–Crippen LogP) is 2.06. The lowest BCUT2D eigenvalue weighted by Gasteiger charge is -2.21. The number of thiophene rings is 1. The molecule has 1 aliphatic carbocycles. The number of hydrogen-bond acceptors (Lipinski definition) is 4. The fraction of sp³-hybridized carbons (Fsp3) is 0.500. The molecule has 0 saturated heterocycles. The lowest BCUT2D eigenvalue weighted by Crippen LogP contribution is -2.33. The van der Waals surface area contributed by atoms with Crippen LogP contribution in [0, 0.1) is 0 Å². The Bertz CT molecular complexity index is 415. The third kappa shape index (κ3) is 4.03. The second kappa shape index (κ2) is 6.24. The number of aliphatic carboxylic acids is 1. The van der Waals surface area contributed by atoms with E-state index in [0.717, 1.165) is 12.8 Å². The average Bonchev–Trinajstić information content (AvgIpc) is 3.02. The van der Waals surface area contributed by atoms with E-state index in [-0.39, 0.29) is 17.4 Å². The minimum atomic E-state index is -0.871. The molecule has 0 spiro atoms. The Kier molecular flexibility index (Phi) is 4.66. The van der Waals surface area contributed by atoms with Gasteiger partial charge in [-0.05, 0) is 24.3 Å². The number of carbonyl (C=O) groups is 2. The molecule has 1 fully saturated rings. The summed E-state index contributed by atoms with van der Waals surface area (Å²) in [4.78, 5) is 25.5. The van der Waals surface area contributed by atoms with Crippen LogP contribution in [0.25, 0.3) is 0 Å². The molecule has 98 valence electrons. The van der Waals surface area contributed by atoms with Crippen molar-refractivity contribution in [1.29, 1.82) is 0 Å². The third-order valence-corrected chi connectivity index (χ3v) is 4.43. The van der Waals surface area contributed by atoms with E-state index in [1.807, 2.05) is 22.4 Å². The van der Waals surface area contributed by atoms with Crippen molar-refractivity contribution in [2.75, 3.05) is 11.5 Å². The fourth-order valence-electron chi connectivity index (χ4n) is 1.69. The van der Waals surface area contributed by atoms with E-state index >= 15 is 0 Å². The minimum absolute atomic E-state index is 0.0107. The quantitative estimate of drug-likeness (QED) is 0.833. The molecular weight excluding hydrogens is 270 g/mol. The van der Waals surface area contributed by atoms with Gasteiger partial charge in [0.15, 0.2) is 0 Å². The van der Waals surface area contributed by atoms with Gasteiger partial charge in [-0.1, -0.05) is 6.07 Å². The highest BCUT2D eigenvalue weighted by Gasteiger charge is 2.32. The molecule has 1 aromatic heterocycles. The van der Waals surface area contributed by atoms with Crippen molar-refractivity contribution in [2.24, 2.45) is 0 Å². The van der Waals surface area contributed by atoms with Gasteiger partial charge in [0.2, 0.25) is 5.91 Å². The highest BCUT2D eigenvalue weighted by atomic mass is 32.2. The topological polar surface area (TPSA) is 57.6 Å². The number of amides is 1. The van der Waals surface area contributed by atoms with Crippen LogP contribution in [-0.2, 0) is 16.1 Å². The molecule has 1 saturated carbocycles. The van der Waals surface area contributed by atoms with Gasteiger partial charge in [-0.15, -0.1) is 23.1 Å². The molecule has 0 bridgehead atoms. The third-order valence-electron chi connectivity index (χ3n) is 2.67. The van der Waals surface area contributed by atoms with Crippen LogP contribution < -0.4 is 0 Å². The van der Waals surface area contributed by atoms with Crippen LogP contribution in [0.15, 0.2) is 17.5 Å². The Morgan fingerprint density at radius 1 is 1.44 bits per heavy atom. The first kappa shape index (κ1) is 13.4. The Labute approximate surface area is 114 Å². The first-order valence-electron chi connectivity index (χ1n) is 5.78. The normalized spacial score (nSPS) is 14.4. The largest absolute Gasteiger partial charge is 0.481 e. The minimum Gasteiger partial charge on any atom is -0.481 e. The molecule has 4 nitrogen and oxygen atoms in total. The zero-order chi connectivity index (χ0) is 13.0. The van der Waals surface area contributed by atoms with Crippen LogP contribution in [-0.4, -0.2) is 39.4 Å².